The van der Waals surface area contributed by atoms with Crippen molar-refractivity contribution in [3.63, 3.8) is 0 Å². The fourth-order valence-corrected chi connectivity index (χ4v) is 2.79. The van der Waals surface area contributed by atoms with Gasteiger partial charge >= 0.3 is 0 Å². The second-order valence-corrected chi connectivity index (χ2v) is 6.34. The highest BCUT2D eigenvalue weighted by Crippen LogP contribution is 2.22. The Morgan fingerprint density at radius 1 is 1.07 bits per heavy atom. The number of hydrogen-bond acceptors (Lipinski definition) is 8. The summed E-state index contributed by atoms with van der Waals surface area (Å²) in [5.41, 5.74) is 4.11. The maximum atomic E-state index is 4.53. The summed E-state index contributed by atoms with van der Waals surface area (Å²) in [6, 6.07) is 16.1. The second kappa shape index (κ2) is 7.78. The summed E-state index contributed by atoms with van der Waals surface area (Å²) in [7, 11) is 1.93. The van der Waals surface area contributed by atoms with Crippen molar-refractivity contribution in [1.29, 1.82) is 0 Å². The monoisotopic (exact) mass is 373 g/mol. The molecule has 0 saturated heterocycles. The molecule has 2 aromatic carbocycles. The Labute approximate surface area is 161 Å². The molecule has 0 aliphatic carbocycles. The first-order valence-corrected chi connectivity index (χ1v) is 8.75. The van der Waals surface area contributed by atoms with Crippen LogP contribution >= 0.6 is 0 Å². The third-order valence-corrected chi connectivity index (χ3v) is 4.18. The molecule has 0 aliphatic rings. The van der Waals surface area contributed by atoms with Gasteiger partial charge in [-0.1, -0.05) is 29.5 Å². The van der Waals surface area contributed by atoms with Crippen LogP contribution in [0, 0.1) is 6.92 Å². The first-order valence-electron chi connectivity index (χ1n) is 8.75. The maximum absolute atomic E-state index is 4.53. The molecule has 0 fully saturated rings. The minimum Gasteiger partial charge on any atom is -0.324 e. The molecule has 140 valence electrons. The number of tetrazole rings is 1. The van der Waals surface area contributed by atoms with Gasteiger partial charge in [-0.05, 0) is 42.3 Å². The van der Waals surface area contributed by atoms with E-state index in [2.05, 4.69) is 59.9 Å². The molecule has 0 amide bonds. The fraction of sp³-hybridized carbons (Fsp3) is 0.158. The van der Waals surface area contributed by atoms with E-state index in [1.165, 1.54) is 11.9 Å². The molecule has 2 N–H and O–H groups in total. The van der Waals surface area contributed by atoms with Crippen molar-refractivity contribution < 1.29 is 0 Å². The van der Waals surface area contributed by atoms with Crippen LogP contribution in [0.4, 0.5) is 23.3 Å². The zero-order valence-corrected chi connectivity index (χ0v) is 15.5. The zero-order valence-electron chi connectivity index (χ0n) is 15.5. The highest BCUT2D eigenvalue weighted by molar-refractivity contribution is 5.60. The Hall–Kier alpha value is -3.88. The lowest BCUT2D eigenvalue weighted by atomic mass is 10.1. The molecule has 0 saturated carbocycles. The average molecular weight is 373 g/mol. The van der Waals surface area contributed by atoms with E-state index in [0.717, 1.165) is 16.9 Å². The summed E-state index contributed by atoms with van der Waals surface area (Å²) in [4.78, 5) is 15.0. The van der Waals surface area contributed by atoms with Gasteiger partial charge in [-0.15, -0.1) is 10.2 Å². The summed E-state index contributed by atoms with van der Waals surface area (Å²) < 4.78 is 0. The van der Waals surface area contributed by atoms with Gasteiger partial charge in [0.1, 0.15) is 6.33 Å². The summed E-state index contributed by atoms with van der Waals surface area (Å²) in [6.45, 7) is 2.05. The lowest BCUT2D eigenvalue weighted by Gasteiger charge is -2.18. The average Bonchev–Trinajstić information content (AvgIpc) is 3.21. The molecule has 0 bridgehead atoms. The Kier molecular flexibility index (Phi) is 4.87. The minimum atomic E-state index is 0.473. The van der Waals surface area contributed by atoms with Gasteiger partial charge < -0.3 is 10.2 Å². The van der Waals surface area contributed by atoms with Crippen LogP contribution in [0.5, 0.6) is 0 Å². The Balaban J connectivity index is 1.52. The Bertz CT molecular complexity index is 1060. The molecule has 2 heterocycles. The number of H-pyrrole nitrogens is 1. The minimum absolute atomic E-state index is 0.473. The van der Waals surface area contributed by atoms with E-state index < -0.39 is 0 Å². The van der Waals surface area contributed by atoms with Crippen molar-refractivity contribution >= 4 is 23.3 Å². The Morgan fingerprint density at radius 2 is 1.96 bits per heavy atom. The number of nitrogens with one attached hydrogen (secondary N) is 2. The number of anilines is 4. The summed E-state index contributed by atoms with van der Waals surface area (Å²) in [5.74, 6) is 1.67. The van der Waals surface area contributed by atoms with Crippen LogP contribution in [0.25, 0.3) is 0 Å². The van der Waals surface area contributed by atoms with Gasteiger partial charge in [-0.3, -0.25) is 0 Å². The van der Waals surface area contributed by atoms with Gasteiger partial charge in [0.25, 0.3) is 0 Å². The number of benzene rings is 2. The van der Waals surface area contributed by atoms with Crippen molar-refractivity contribution in [2.24, 2.45) is 0 Å². The highest BCUT2D eigenvalue weighted by Gasteiger charge is 2.09. The first kappa shape index (κ1) is 17.5. The topological polar surface area (TPSA) is 108 Å². The van der Waals surface area contributed by atoms with E-state index in [1.54, 1.807) is 0 Å². The molecule has 9 heteroatoms. The van der Waals surface area contributed by atoms with Gasteiger partial charge in [0.05, 0.1) is 0 Å². The molecular weight excluding hydrogens is 354 g/mol. The van der Waals surface area contributed by atoms with Crippen LogP contribution in [-0.2, 0) is 6.42 Å². The van der Waals surface area contributed by atoms with Crippen molar-refractivity contribution in [1.82, 2.24) is 35.6 Å². The van der Waals surface area contributed by atoms with Crippen molar-refractivity contribution in [2.45, 2.75) is 13.3 Å². The van der Waals surface area contributed by atoms with E-state index in [4.69, 9.17) is 0 Å². The largest absolute Gasteiger partial charge is 0.324 e. The summed E-state index contributed by atoms with van der Waals surface area (Å²) in [5, 5.41) is 17.2. The third-order valence-electron chi connectivity index (χ3n) is 4.18. The molecule has 4 aromatic rings. The Morgan fingerprint density at radius 3 is 2.79 bits per heavy atom. The standard InChI is InChI=1S/C19H19N9/c1-13-5-3-8-16(9-13)28(2)19-21-12-20-18(23-19)22-15-7-4-6-14(10-15)11-17-24-26-27-25-17/h3-10,12H,11H2,1-2H3,(H,20,21,22,23)(H,24,25,26,27). The number of aromatic amines is 1. The molecule has 0 atom stereocenters. The number of nitrogens with zero attached hydrogens (tertiary/aromatic N) is 7. The molecule has 0 radical (unpaired) electrons. The summed E-state index contributed by atoms with van der Waals surface area (Å²) in [6.07, 6.45) is 2.09. The predicted octanol–water partition coefficient (Wildman–Crippen LogP) is 2.80. The molecule has 9 nitrogen and oxygen atoms in total. The predicted molar refractivity (Wildman–Crippen MR) is 106 cm³/mol. The fourth-order valence-electron chi connectivity index (χ4n) is 2.79. The van der Waals surface area contributed by atoms with Crippen LogP contribution in [0.2, 0.25) is 0 Å². The van der Waals surface area contributed by atoms with Crippen LogP contribution in [-0.4, -0.2) is 42.6 Å². The molecule has 0 spiro atoms. The van der Waals surface area contributed by atoms with Gasteiger partial charge in [0.2, 0.25) is 11.9 Å². The molecule has 0 unspecified atom stereocenters. The summed E-state index contributed by atoms with van der Waals surface area (Å²) >= 11 is 0. The molecule has 4 rings (SSSR count). The van der Waals surface area contributed by atoms with E-state index in [0.29, 0.717) is 24.1 Å². The second-order valence-electron chi connectivity index (χ2n) is 6.34. The number of rotatable bonds is 6. The van der Waals surface area contributed by atoms with Gasteiger partial charge in [-0.2, -0.15) is 10.2 Å². The van der Waals surface area contributed by atoms with Crippen LogP contribution in [0.3, 0.4) is 0 Å². The van der Waals surface area contributed by atoms with E-state index >= 15 is 0 Å². The van der Waals surface area contributed by atoms with E-state index in [1.807, 2.05) is 48.3 Å². The van der Waals surface area contributed by atoms with Crippen LogP contribution in [0.1, 0.15) is 17.0 Å². The normalized spacial score (nSPS) is 10.6. The lowest BCUT2D eigenvalue weighted by Crippen LogP contribution is -2.14. The smallest absolute Gasteiger partial charge is 0.234 e. The zero-order chi connectivity index (χ0) is 19.3. The molecule has 2 aromatic heterocycles. The number of hydrogen-bond donors (Lipinski definition) is 2. The van der Waals surface area contributed by atoms with Crippen molar-refractivity contribution in [3.05, 3.63) is 71.8 Å². The molecule has 28 heavy (non-hydrogen) atoms. The molecule has 0 aliphatic heterocycles. The van der Waals surface area contributed by atoms with Crippen molar-refractivity contribution in [2.75, 3.05) is 17.3 Å². The van der Waals surface area contributed by atoms with E-state index in [9.17, 15) is 0 Å². The van der Waals surface area contributed by atoms with Crippen LogP contribution in [0.15, 0.2) is 54.9 Å². The SMILES string of the molecule is Cc1cccc(N(C)c2ncnc(Nc3cccc(Cc4nn[nH]n4)c3)n2)c1. The molecular formula is C19H19N9. The maximum Gasteiger partial charge on any atom is 0.234 e. The van der Waals surface area contributed by atoms with Crippen molar-refractivity contribution in [3.8, 4) is 0 Å². The van der Waals surface area contributed by atoms with Gasteiger partial charge in [0.15, 0.2) is 5.82 Å². The van der Waals surface area contributed by atoms with Crippen LogP contribution < -0.4 is 10.2 Å². The quantitative estimate of drug-likeness (QED) is 0.531. The van der Waals surface area contributed by atoms with Gasteiger partial charge in [0, 0.05) is 24.8 Å². The lowest BCUT2D eigenvalue weighted by molar-refractivity contribution is 0.881. The number of aryl methyl sites for hydroxylation is 1. The first-order chi connectivity index (χ1) is 13.7. The third kappa shape index (κ3) is 4.09. The van der Waals surface area contributed by atoms with E-state index in [-0.39, 0.29) is 0 Å². The highest BCUT2D eigenvalue weighted by atomic mass is 15.5. The number of aromatic nitrogens is 7. The van der Waals surface area contributed by atoms with Gasteiger partial charge in [-0.25, -0.2) is 9.97 Å².